The van der Waals surface area contributed by atoms with Crippen LogP contribution in [0.5, 0.6) is 0 Å². The van der Waals surface area contributed by atoms with Crippen molar-refractivity contribution >= 4 is 17.4 Å². The highest BCUT2D eigenvalue weighted by Gasteiger charge is 2.07. The topological polar surface area (TPSA) is 42.4 Å². The summed E-state index contributed by atoms with van der Waals surface area (Å²) in [7, 11) is 3.08. The molecule has 0 fully saturated rings. The second-order valence-electron chi connectivity index (χ2n) is 2.57. The monoisotopic (exact) mass is 200 g/mol. The normalized spacial score (nSPS) is 9.69. The summed E-state index contributed by atoms with van der Waals surface area (Å²) >= 11 is 1.59. The molecule has 0 atom stereocenters. The van der Waals surface area contributed by atoms with E-state index in [9.17, 15) is 4.79 Å². The maximum atomic E-state index is 11.0. The molecule has 1 aromatic rings. The van der Waals surface area contributed by atoms with Crippen molar-refractivity contribution in [2.75, 3.05) is 20.7 Å². The van der Waals surface area contributed by atoms with E-state index in [1.807, 2.05) is 5.38 Å². The zero-order valence-electron chi connectivity index (χ0n) is 7.69. The van der Waals surface area contributed by atoms with Gasteiger partial charge in [-0.2, -0.15) is 0 Å². The molecule has 1 rings (SSSR count). The summed E-state index contributed by atoms with van der Waals surface area (Å²) in [6.45, 7) is 0.639. The van der Waals surface area contributed by atoms with E-state index in [0.29, 0.717) is 6.54 Å². The lowest BCUT2D eigenvalue weighted by Gasteiger charge is -2.13. The van der Waals surface area contributed by atoms with Crippen LogP contribution in [0.3, 0.4) is 0 Å². The Morgan fingerprint density at radius 1 is 1.77 bits per heavy atom. The van der Waals surface area contributed by atoms with E-state index in [4.69, 9.17) is 0 Å². The highest BCUT2D eigenvalue weighted by atomic mass is 32.1. The molecule has 0 saturated heterocycles. The number of ether oxygens (including phenoxy) is 1. The Morgan fingerprint density at radius 2 is 2.54 bits per heavy atom. The average Bonchev–Trinajstić information content (AvgIpc) is 2.65. The molecule has 1 heterocycles. The van der Waals surface area contributed by atoms with Crippen molar-refractivity contribution < 1.29 is 9.53 Å². The molecular weight excluding hydrogens is 188 g/mol. The molecule has 13 heavy (non-hydrogen) atoms. The fraction of sp³-hybridized carbons (Fsp3) is 0.500. The predicted octanol–water partition coefficient (Wildman–Crippen LogP) is 1.38. The van der Waals surface area contributed by atoms with Crippen molar-refractivity contribution in [2.24, 2.45) is 0 Å². The first-order chi connectivity index (χ1) is 6.24. The Kier molecular flexibility index (Phi) is 3.70. The summed E-state index contributed by atoms with van der Waals surface area (Å²) < 4.78 is 4.55. The minimum atomic E-state index is -0.309. The molecule has 0 spiro atoms. The third-order valence-corrected chi connectivity index (χ3v) is 2.47. The number of aromatic nitrogens is 1. The van der Waals surface area contributed by atoms with Crippen molar-refractivity contribution in [1.82, 2.24) is 9.88 Å². The summed E-state index contributed by atoms with van der Waals surface area (Å²) in [6.07, 6.45) is 2.23. The number of carbonyl (C=O) groups is 1. The first-order valence-corrected chi connectivity index (χ1v) is 4.79. The summed E-state index contributed by atoms with van der Waals surface area (Å²) in [6, 6.07) is 0. The summed E-state index contributed by atoms with van der Waals surface area (Å²) in [4.78, 5) is 16.6. The molecule has 4 nitrogen and oxygen atoms in total. The molecule has 0 N–H and O–H groups in total. The zero-order chi connectivity index (χ0) is 9.68. The fourth-order valence-electron chi connectivity index (χ4n) is 0.887. The van der Waals surface area contributed by atoms with Crippen LogP contribution in [0.4, 0.5) is 4.79 Å². The summed E-state index contributed by atoms with van der Waals surface area (Å²) in [5.41, 5.74) is 0. The van der Waals surface area contributed by atoms with E-state index in [2.05, 4.69) is 9.72 Å². The van der Waals surface area contributed by atoms with Gasteiger partial charge in [0.15, 0.2) is 0 Å². The quantitative estimate of drug-likeness (QED) is 0.740. The lowest BCUT2D eigenvalue weighted by atomic mass is 10.4. The Balaban J connectivity index is 2.30. The van der Waals surface area contributed by atoms with Crippen LogP contribution in [0.2, 0.25) is 0 Å². The average molecular weight is 200 g/mol. The SMILES string of the molecule is COC(=O)N(C)CCc1nccs1. The van der Waals surface area contributed by atoms with Crippen molar-refractivity contribution in [3.8, 4) is 0 Å². The van der Waals surface area contributed by atoms with Crippen LogP contribution < -0.4 is 0 Å². The number of likely N-dealkylation sites (N-methyl/N-ethyl adjacent to an activating group) is 1. The molecular formula is C8H12N2O2S. The standard InChI is InChI=1S/C8H12N2O2S/c1-10(8(11)12-2)5-3-7-9-4-6-13-7/h4,6H,3,5H2,1-2H3. The van der Waals surface area contributed by atoms with E-state index < -0.39 is 0 Å². The molecule has 1 aromatic heterocycles. The van der Waals surface area contributed by atoms with E-state index in [0.717, 1.165) is 11.4 Å². The first kappa shape index (κ1) is 9.98. The van der Waals surface area contributed by atoms with Gasteiger partial charge in [0.05, 0.1) is 12.1 Å². The van der Waals surface area contributed by atoms with Gasteiger partial charge < -0.3 is 9.64 Å². The minimum Gasteiger partial charge on any atom is -0.453 e. The van der Waals surface area contributed by atoms with E-state index in [1.54, 1.807) is 24.6 Å². The minimum absolute atomic E-state index is 0.309. The largest absolute Gasteiger partial charge is 0.453 e. The second kappa shape index (κ2) is 4.81. The van der Waals surface area contributed by atoms with Gasteiger partial charge in [-0.1, -0.05) is 0 Å². The van der Waals surface area contributed by atoms with Crippen molar-refractivity contribution in [2.45, 2.75) is 6.42 Å². The molecule has 0 aliphatic heterocycles. The number of methoxy groups -OCH3 is 1. The maximum Gasteiger partial charge on any atom is 0.409 e. The lowest BCUT2D eigenvalue weighted by molar-refractivity contribution is 0.134. The van der Waals surface area contributed by atoms with Crippen LogP contribution in [0.15, 0.2) is 11.6 Å². The molecule has 0 aliphatic carbocycles. The Hall–Kier alpha value is -1.10. The Bertz CT molecular complexity index is 261. The number of nitrogens with zero attached hydrogens (tertiary/aromatic N) is 2. The molecule has 5 heteroatoms. The van der Waals surface area contributed by atoms with Gasteiger partial charge in [0.2, 0.25) is 0 Å². The van der Waals surface area contributed by atoms with Gasteiger partial charge in [-0.25, -0.2) is 9.78 Å². The molecule has 0 aliphatic rings. The molecule has 0 saturated carbocycles. The third-order valence-electron chi connectivity index (χ3n) is 1.63. The van der Waals surface area contributed by atoms with Gasteiger partial charge in [0.25, 0.3) is 0 Å². The van der Waals surface area contributed by atoms with E-state index in [-0.39, 0.29) is 6.09 Å². The van der Waals surface area contributed by atoms with Crippen LogP contribution in [0.1, 0.15) is 5.01 Å². The highest BCUT2D eigenvalue weighted by Crippen LogP contribution is 2.05. The van der Waals surface area contributed by atoms with Gasteiger partial charge in [0.1, 0.15) is 0 Å². The first-order valence-electron chi connectivity index (χ1n) is 3.91. The van der Waals surface area contributed by atoms with Crippen molar-refractivity contribution in [1.29, 1.82) is 0 Å². The van der Waals surface area contributed by atoms with Gasteiger partial charge in [-0.05, 0) is 0 Å². The maximum absolute atomic E-state index is 11.0. The number of carbonyl (C=O) groups excluding carboxylic acids is 1. The number of hydrogen-bond acceptors (Lipinski definition) is 4. The zero-order valence-corrected chi connectivity index (χ0v) is 8.50. The summed E-state index contributed by atoms with van der Waals surface area (Å²) in [5.74, 6) is 0. The lowest BCUT2D eigenvalue weighted by Crippen LogP contribution is -2.28. The predicted molar refractivity (Wildman–Crippen MR) is 50.9 cm³/mol. The van der Waals surface area contributed by atoms with Gasteiger partial charge >= 0.3 is 6.09 Å². The number of thiazole rings is 1. The van der Waals surface area contributed by atoms with Gasteiger partial charge in [0, 0.05) is 31.6 Å². The fourth-order valence-corrected chi connectivity index (χ4v) is 1.50. The molecule has 1 amide bonds. The van der Waals surface area contributed by atoms with Crippen molar-refractivity contribution in [3.63, 3.8) is 0 Å². The molecule has 0 radical (unpaired) electrons. The number of hydrogen-bond donors (Lipinski definition) is 0. The Labute approximate surface area is 81.2 Å². The van der Waals surface area contributed by atoms with Crippen molar-refractivity contribution in [3.05, 3.63) is 16.6 Å². The highest BCUT2D eigenvalue weighted by molar-refractivity contribution is 7.09. The van der Waals surface area contributed by atoms with E-state index in [1.165, 1.54) is 12.0 Å². The Morgan fingerprint density at radius 3 is 3.08 bits per heavy atom. The number of rotatable bonds is 3. The molecule has 0 bridgehead atoms. The van der Waals surface area contributed by atoms with Crippen LogP contribution in [-0.4, -0.2) is 36.7 Å². The number of amides is 1. The molecule has 0 unspecified atom stereocenters. The summed E-state index contributed by atoms with van der Waals surface area (Å²) in [5, 5.41) is 2.96. The van der Waals surface area contributed by atoms with Crippen LogP contribution in [0, 0.1) is 0 Å². The van der Waals surface area contributed by atoms with Crippen LogP contribution in [-0.2, 0) is 11.2 Å². The molecule has 72 valence electrons. The molecule has 0 aromatic carbocycles. The van der Waals surface area contributed by atoms with E-state index >= 15 is 0 Å². The van der Waals surface area contributed by atoms with Gasteiger partial charge in [-0.15, -0.1) is 11.3 Å². The van der Waals surface area contributed by atoms with Crippen LogP contribution >= 0.6 is 11.3 Å². The van der Waals surface area contributed by atoms with Gasteiger partial charge in [-0.3, -0.25) is 0 Å². The second-order valence-corrected chi connectivity index (χ2v) is 3.55. The van der Waals surface area contributed by atoms with Crippen LogP contribution in [0.25, 0.3) is 0 Å². The third kappa shape index (κ3) is 3.02. The smallest absolute Gasteiger partial charge is 0.409 e.